The fourth-order valence-electron chi connectivity index (χ4n) is 3.05. The molecule has 1 fully saturated rings. The first-order chi connectivity index (χ1) is 11.6. The van der Waals surface area contributed by atoms with Crippen LogP contribution in [0.25, 0.3) is 0 Å². The lowest BCUT2D eigenvalue weighted by molar-refractivity contribution is 0.0453. The zero-order chi connectivity index (χ0) is 17.1. The normalized spacial score (nSPS) is 18.2. The Morgan fingerprint density at radius 1 is 1.38 bits per heavy atom. The predicted molar refractivity (Wildman–Crippen MR) is 87.4 cm³/mol. The Kier molecular flexibility index (Phi) is 5.16. The molecule has 2 aromatic rings. The van der Waals surface area contributed by atoms with E-state index in [0.717, 1.165) is 42.1 Å². The molecule has 3 rings (SSSR count). The van der Waals surface area contributed by atoms with E-state index >= 15 is 0 Å². The highest BCUT2D eigenvalue weighted by atomic mass is 19.1. The van der Waals surface area contributed by atoms with E-state index in [4.69, 9.17) is 14.0 Å². The second-order valence-corrected chi connectivity index (χ2v) is 6.23. The number of halogens is 1. The van der Waals surface area contributed by atoms with Crippen molar-refractivity contribution in [2.45, 2.75) is 39.5 Å². The highest BCUT2D eigenvalue weighted by Gasteiger charge is 2.24. The van der Waals surface area contributed by atoms with Gasteiger partial charge >= 0.3 is 0 Å². The van der Waals surface area contributed by atoms with Crippen molar-refractivity contribution in [2.75, 3.05) is 20.2 Å². The third-order valence-electron chi connectivity index (χ3n) is 4.50. The summed E-state index contributed by atoms with van der Waals surface area (Å²) in [5.74, 6) is 0.775. The number of hydrogen-bond acceptors (Lipinski definition) is 5. The summed E-state index contributed by atoms with van der Waals surface area (Å²) < 4.78 is 29.9. The number of rotatable bonds is 6. The second-order valence-electron chi connectivity index (χ2n) is 6.23. The minimum absolute atomic E-state index is 0.182. The van der Waals surface area contributed by atoms with E-state index in [1.54, 1.807) is 6.07 Å². The first-order valence-corrected chi connectivity index (χ1v) is 8.15. The molecule has 0 N–H and O–H groups in total. The highest BCUT2D eigenvalue weighted by Crippen LogP contribution is 2.22. The van der Waals surface area contributed by atoms with Crippen LogP contribution in [0, 0.1) is 19.7 Å². The maximum atomic E-state index is 13.8. The van der Waals surface area contributed by atoms with E-state index in [0.29, 0.717) is 13.2 Å². The van der Waals surface area contributed by atoms with Crippen molar-refractivity contribution in [2.24, 2.45) is 0 Å². The van der Waals surface area contributed by atoms with Crippen molar-refractivity contribution >= 4 is 0 Å². The summed E-state index contributed by atoms with van der Waals surface area (Å²) in [6.45, 7) is 6.85. The molecule has 0 bridgehead atoms. The lowest BCUT2D eigenvalue weighted by atomic mass is 10.2. The standard InChI is InChI=1S/C18H23FN2O3/c1-12-16(13(2)24-20-12)11-23-15-6-7-21(10-15)9-14-4-5-18(22-3)17(19)8-14/h4-5,8,15H,6-7,9-11H2,1-3H3. The number of aromatic nitrogens is 1. The van der Waals surface area contributed by atoms with Gasteiger partial charge in [0.1, 0.15) is 5.76 Å². The number of nitrogens with zero attached hydrogens (tertiary/aromatic N) is 2. The van der Waals surface area contributed by atoms with Crippen LogP contribution in [0.1, 0.15) is 29.0 Å². The van der Waals surface area contributed by atoms with Crippen LogP contribution in [-0.4, -0.2) is 36.4 Å². The zero-order valence-electron chi connectivity index (χ0n) is 14.3. The van der Waals surface area contributed by atoms with Crippen LogP contribution in [0.3, 0.4) is 0 Å². The monoisotopic (exact) mass is 334 g/mol. The average molecular weight is 334 g/mol. The summed E-state index contributed by atoms with van der Waals surface area (Å²) in [6, 6.07) is 5.11. The Balaban J connectivity index is 1.51. The van der Waals surface area contributed by atoms with Crippen molar-refractivity contribution in [3.8, 4) is 5.75 Å². The van der Waals surface area contributed by atoms with Crippen LogP contribution in [0.4, 0.5) is 4.39 Å². The minimum atomic E-state index is -0.319. The third-order valence-corrected chi connectivity index (χ3v) is 4.50. The maximum absolute atomic E-state index is 13.8. The highest BCUT2D eigenvalue weighted by molar-refractivity contribution is 5.29. The van der Waals surface area contributed by atoms with Crippen molar-refractivity contribution in [3.05, 3.63) is 46.6 Å². The van der Waals surface area contributed by atoms with Gasteiger partial charge in [-0.1, -0.05) is 11.2 Å². The molecular formula is C18H23FN2O3. The lowest BCUT2D eigenvalue weighted by Crippen LogP contribution is -2.23. The Bertz CT molecular complexity index is 682. The molecule has 130 valence electrons. The lowest BCUT2D eigenvalue weighted by Gasteiger charge is -2.17. The van der Waals surface area contributed by atoms with Gasteiger partial charge in [0, 0.05) is 25.2 Å². The van der Waals surface area contributed by atoms with Gasteiger partial charge in [-0.3, -0.25) is 4.90 Å². The molecule has 0 aliphatic carbocycles. The molecule has 1 aliphatic heterocycles. The van der Waals surface area contributed by atoms with Crippen LogP contribution in [0.5, 0.6) is 5.75 Å². The van der Waals surface area contributed by atoms with Crippen molar-refractivity contribution in [1.29, 1.82) is 0 Å². The second kappa shape index (κ2) is 7.32. The average Bonchev–Trinajstić information content (AvgIpc) is 3.13. The third kappa shape index (κ3) is 3.76. The summed E-state index contributed by atoms with van der Waals surface area (Å²) in [6.07, 6.45) is 1.16. The number of methoxy groups -OCH3 is 1. The van der Waals surface area contributed by atoms with Crippen LogP contribution in [-0.2, 0) is 17.9 Å². The van der Waals surface area contributed by atoms with E-state index in [2.05, 4.69) is 10.1 Å². The van der Waals surface area contributed by atoms with Crippen molar-refractivity contribution < 1.29 is 18.4 Å². The van der Waals surface area contributed by atoms with E-state index in [1.165, 1.54) is 13.2 Å². The van der Waals surface area contributed by atoms with Crippen LogP contribution in [0.15, 0.2) is 22.7 Å². The number of hydrogen-bond donors (Lipinski definition) is 0. The molecule has 0 amide bonds. The Morgan fingerprint density at radius 2 is 2.21 bits per heavy atom. The Morgan fingerprint density at radius 3 is 2.88 bits per heavy atom. The first-order valence-electron chi connectivity index (χ1n) is 8.15. The number of ether oxygens (including phenoxy) is 2. The summed E-state index contributed by atoms with van der Waals surface area (Å²) in [7, 11) is 1.47. The molecule has 24 heavy (non-hydrogen) atoms. The summed E-state index contributed by atoms with van der Waals surface area (Å²) in [5.41, 5.74) is 2.86. The molecule has 1 aromatic carbocycles. The van der Waals surface area contributed by atoms with Gasteiger partial charge in [0.25, 0.3) is 0 Å². The Labute approximate surface area is 141 Å². The smallest absolute Gasteiger partial charge is 0.165 e. The molecule has 1 unspecified atom stereocenters. The van der Waals surface area contributed by atoms with Crippen molar-refractivity contribution in [1.82, 2.24) is 10.1 Å². The van der Waals surface area contributed by atoms with Gasteiger partial charge in [-0.05, 0) is 38.0 Å². The van der Waals surface area contributed by atoms with Gasteiger partial charge in [0.2, 0.25) is 0 Å². The van der Waals surface area contributed by atoms with Gasteiger partial charge in [-0.25, -0.2) is 4.39 Å². The predicted octanol–water partition coefficient (Wildman–Crippen LogP) is 3.23. The molecule has 1 aliphatic rings. The molecule has 1 aromatic heterocycles. The molecule has 1 saturated heterocycles. The molecule has 1 atom stereocenters. The van der Waals surface area contributed by atoms with Crippen LogP contribution >= 0.6 is 0 Å². The quantitative estimate of drug-likeness (QED) is 0.812. The van der Waals surface area contributed by atoms with E-state index in [9.17, 15) is 4.39 Å². The topological polar surface area (TPSA) is 47.7 Å². The fourth-order valence-corrected chi connectivity index (χ4v) is 3.05. The van der Waals surface area contributed by atoms with Gasteiger partial charge in [-0.15, -0.1) is 0 Å². The van der Waals surface area contributed by atoms with Crippen LogP contribution in [0.2, 0.25) is 0 Å². The first kappa shape index (κ1) is 16.9. The van der Waals surface area contributed by atoms with E-state index in [1.807, 2.05) is 19.9 Å². The summed E-state index contributed by atoms with van der Waals surface area (Å²) in [5, 5.41) is 3.94. The van der Waals surface area contributed by atoms with Crippen molar-refractivity contribution in [3.63, 3.8) is 0 Å². The summed E-state index contributed by atoms with van der Waals surface area (Å²) >= 11 is 0. The Hall–Kier alpha value is -1.92. The number of aryl methyl sites for hydroxylation is 2. The van der Waals surface area contributed by atoms with Crippen LogP contribution < -0.4 is 4.74 Å². The maximum Gasteiger partial charge on any atom is 0.165 e. The summed E-state index contributed by atoms with van der Waals surface area (Å²) in [4.78, 5) is 2.28. The molecule has 0 spiro atoms. The fraction of sp³-hybridized carbons (Fsp3) is 0.500. The molecule has 5 nitrogen and oxygen atoms in total. The number of benzene rings is 1. The van der Waals surface area contributed by atoms with Gasteiger partial charge in [0.05, 0.1) is 25.5 Å². The van der Waals surface area contributed by atoms with Gasteiger partial charge < -0.3 is 14.0 Å². The van der Waals surface area contributed by atoms with Gasteiger partial charge in [0.15, 0.2) is 11.6 Å². The SMILES string of the molecule is COc1ccc(CN2CCC(OCc3c(C)noc3C)C2)cc1F. The molecular weight excluding hydrogens is 311 g/mol. The zero-order valence-corrected chi connectivity index (χ0v) is 14.3. The molecule has 6 heteroatoms. The van der Waals surface area contributed by atoms with Gasteiger partial charge in [-0.2, -0.15) is 0 Å². The molecule has 2 heterocycles. The number of likely N-dealkylation sites (tertiary alicyclic amines) is 1. The largest absolute Gasteiger partial charge is 0.494 e. The van der Waals surface area contributed by atoms with E-state index < -0.39 is 0 Å². The van der Waals surface area contributed by atoms with E-state index in [-0.39, 0.29) is 17.7 Å². The molecule has 0 radical (unpaired) electrons. The minimum Gasteiger partial charge on any atom is -0.494 e. The molecule has 0 saturated carbocycles.